The Kier molecular flexibility index (Phi) is 5.77. The fourth-order valence-electron chi connectivity index (χ4n) is 2.47. The molecule has 0 atom stereocenters. The normalized spacial score (nSPS) is 11.4. The van der Waals surface area contributed by atoms with Gasteiger partial charge in [-0.25, -0.2) is 0 Å². The van der Waals surface area contributed by atoms with Gasteiger partial charge in [0.2, 0.25) is 0 Å². The van der Waals surface area contributed by atoms with Crippen molar-refractivity contribution in [2.45, 2.75) is 6.18 Å². The van der Waals surface area contributed by atoms with E-state index in [0.29, 0.717) is 11.6 Å². The molecule has 2 N–H and O–H groups in total. The number of nitro groups is 1. The summed E-state index contributed by atoms with van der Waals surface area (Å²) in [6.07, 6.45) is -3.25. The number of hydrazone groups is 1. The van der Waals surface area contributed by atoms with Crippen LogP contribution in [0, 0.1) is 10.1 Å². The molecule has 148 valence electrons. The molecule has 0 aliphatic heterocycles. The minimum Gasteiger partial charge on any atom is -0.356 e. The molecular formula is C20H15F3N4O2. The molecule has 3 aromatic rings. The van der Waals surface area contributed by atoms with E-state index in [-0.39, 0.29) is 5.69 Å². The minimum atomic E-state index is -4.66. The monoisotopic (exact) mass is 400 g/mol. The minimum absolute atomic E-state index is 0.137. The first-order valence-corrected chi connectivity index (χ1v) is 8.40. The summed E-state index contributed by atoms with van der Waals surface area (Å²) in [4.78, 5) is 10.2. The van der Waals surface area contributed by atoms with Gasteiger partial charge in [0.05, 0.1) is 16.7 Å². The fourth-order valence-corrected chi connectivity index (χ4v) is 2.47. The number of benzene rings is 3. The number of halogens is 3. The number of nitrogens with one attached hydrogen (secondary N) is 2. The van der Waals surface area contributed by atoms with Crippen LogP contribution in [-0.4, -0.2) is 11.1 Å². The summed E-state index contributed by atoms with van der Waals surface area (Å²) in [5, 5.41) is 18.2. The summed E-state index contributed by atoms with van der Waals surface area (Å²) in [7, 11) is 0. The molecule has 0 heterocycles. The Morgan fingerprint density at radius 3 is 2.21 bits per heavy atom. The highest BCUT2D eigenvalue weighted by Gasteiger charge is 2.33. The summed E-state index contributed by atoms with van der Waals surface area (Å²) in [5.41, 5.74) is 2.97. The number of alkyl halides is 3. The molecule has 9 heteroatoms. The summed E-state index contributed by atoms with van der Waals surface area (Å²) in [6, 6.07) is 19.0. The summed E-state index contributed by atoms with van der Waals surface area (Å²) in [6.45, 7) is 0. The van der Waals surface area contributed by atoms with Crippen molar-refractivity contribution in [3.05, 3.63) is 94.0 Å². The Hall–Kier alpha value is -3.88. The fraction of sp³-hybridized carbons (Fsp3) is 0.0500. The third-order valence-corrected chi connectivity index (χ3v) is 3.89. The smallest absolute Gasteiger partial charge is 0.356 e. The number of nitro benzene ring substituents is 1. The van der Waals surface area contributed by atoms with Crippen molar-refractivity contribution in [3.63, 3.8) is 0 Å². The Morgan fingerprint density at radius 2 is 1.59 bits per heavy atom. The van der Waals surface area contributed by atoms with Gasteiger partial charge in [-0.3, -0.25) is 15.5 Å². The average Bonchev–Trinajstić information content (AvgIpc) is 2.69. The largest absolute Gasteiger partial charge is 0.416 e. The second kappa shape index (κ2) is 8.42. The van der Waals surface area contributed by atoms with Gasteiger partial charge in [-0.15, -0.1) is 0 Å². The Balaban J connectivity index is 1.69. The van der Waals surface area contributed by atoms with Crippen molar-refractivity contribution in [2.24, 2.45) is 5.10 Å². The van der Waals surface area contributed by atoms with Gasteiger partial charge in [-0.05, 0) is 42.0 Å². The molecular weight excluding hydrogens is 385 g/mol. The number of hydrogen-bond donors (Lipinski definition) is 2. The lowest BCUT2D eigenvalue weighted by atomic mass is 10.1. The molecule has 0 bridgehead atoms. The van der Waals surface area contributed by atoms with E-state index in [1.807, 2.05) is 42.5 Å². The molecule has 0 unspecified atom stereocenters. The van der Waals surface area contributed by atoms with Crippen LogP contribution < -0.4 is 10.7 Å². The number of anilines is 3. The molecule has 3 aromatic carbocycles. The predicted octanol–water partition coefficient (Wildman–Crippen LogP) is 5.80. The lowest BCUT2D eigenvalue weighted by Gasteiger charge is -2.08. The molecule has 29 heavy (non-hydrogen) atoms. The molecule has 0 spiro atoms. The molecule has 0 amide bonds. The highest BCUT2D eigenvalue weighted by atomic mass is 19.4. The van der Waals surface area contributed by atoms with Gasteiger partial charge in [0.15, 0.2) is 0 Å². The summed E-state index contributed by atoms with van der Waals surface area (Å²) >= 11 is 0. The average molecular weight is 400 g/mol. The quantitative estimate of drug-likeness (QED) is 0.311. The first kappa shape index (κ1) is 19.9. The van der Waals surface area contributed by atoms with Crippen LogP contribution >= 0.6 is 0 Å². The Labute approximate surface area is 163 Å². The van der Waals surface area contributed by atoms with E-state index in [0.717, 1.165) is 23.5 Å². The van der Waals surface area contributed by atoms with Crippen LogP contribution in [-0.2, 0) is 6.18 Å². The van der Waals surface area contributed by atoms with Gasteiger partial charge in [0.25, 0.3) is 5.69 Å². The molecule has 0 aromatic heterocycles. The highest BCUT2D eigenvalue weighted by molar-refractivity contribution is 5.81. The first-order chi connectivity index (χ1) is 13.8. The maximum atomic E-state index is 12.7. The standard InChI is InChI=1S/C20H15F3N4O2/c21-20(22,23)15-8-11-18(19(12-15)27(28)29)26-24-13-14-6-9-17(10-7-14)25-16-4-2-1-3-5-16/h1-13,25-26H/b24-13-. The topological polar surface area (TPSA) is 79.6 Å². The van der Waals surface area contributed by atoms with E-state index in [9.17, 15) is 23.3 Å². The third kappa shape index (κ3) is 5.32. The number of rotatable bonds is 6. The van der Waals surface area contributed by atoms with Crippen LogP contribution in [0.5, 0.6) is 0 Å². The Morgan fingerprint density at radius 1 is 0.931 bits per heavy atom. The van der Waals surface area contributed by atoms with Crippen molar-refractivity contribution >= 4 is 29.0 Å². The lowest BCUT2D eigenvalue weighted by Crippen LogP contribution is -2.06. The van der Waals surface area contributed by atoms with Crippen molar-refractivity contribution in [2.75, 3.05) is 10.7 Å². The van der Waals surface area contributed by atoms with Gasteiger partial charge in [-0.2, -0.15) is 18.3 Å². The summed E-state index contributed by atoms with van der Waals surface area (Å²) < 4.78 is 38.2. The zero-order valence-electron chi connectivity index (χ0n) is 14.9. The van der Waals surface area contributed by atoms with Crippen LogP contribution in [0.25, 0.3) is 0 Å². The zero-order chi connectivity index (χ0) is 20.9. The molecule has 0 saturated heterocycles. The maximum absolute atomic E-state index is 12.7. The predicted molar refractivity (Wildman–Crippen MR) is 105 cm³/mol. The zero-order valence-corrected chi connectivity index (χ0v) is 14.9. The van der Waals surface area contributed by atoms with Gasteiger partial charge in [0.1, 0.15) is 5.69 Å². The number of para-hydroxylation sites is 1. The molecule has 6 nitrogen and oxygen atoms in total. The van der Waals surface area contributed by atoms with Crippen molar-refractivity contribution in [1.29, 1.82) is 0 Å². The molecule has 3 rings (SSSR count). The SMILES string of the molecule is O=[N+]([O-])c1cc(C(F)(F)F)ccc1N/N=C\c1ccc(Nc2ccccc2)cc1. The second-order valence-corrected chi connectivity index (χ2v) is 5.97. The highest BCUT2D eigenvalue weighted by Crippen LogP contribution is 2.34. The van der Waals surface area contributed by atoms with E-state index >= 15 is 0 Å². The van der Waals surface area contributed by atoms with Crippen LogP contribution in [0.4, 0.5) is 35.9 Å². The van der Waals surface area contributed by atoms with Crippen molar-refractivity contribution in [1.82, 2.24) is 0 Å². The lowest BCUT2D eigenvalue weighted by molar-refractivity contribution is -0.384. The van der Waals surface area contributed by atoms with Gasteiger partial charge >= 0.3 is 6.18 Å². The number of nitrogens with zero attached hydrogens (tertiary/aromatic N) is 2. The van der Waals surface area contributed by atoms with Crippen LogP contribution in [0.2, 0.25) is 0 Å². The molecule has 0 saturated carbocycles. The van der Waals surface area contributed by atoms with Gasteiger partial charge < -0.3 is 5.32 Å². The van der Waals surface area contributed by atoms with Crippen molar-refractivity contribution in [3.8, 4) is 0 Å². The van der Waals surface area contributed by atoms with Crippen LogP contribution in [0.3, 0.4) is 0 Å². The van der Waals surface area contributed by atoms with E-state index < -0.39 is 22.4 Å². The van der Waals surface area contributed by atoms with E-state index in [4.69, 9.17) is 0 Å². The van der Waals surface area contributed by atoms with E-state index in [2.05, 4.69) is 15.8 Å². The second-order valence-electron chi connectivity index (χ2n) is 5.97. The molecule has 0 fully saturated rings. The molecule has 0 aliphatic rings. The molecule has 0 aliphatic carbocycles. The van der Waals surface area contributed by atoms with Gasteiger partial charge in [-0.1, -0.05) is 30.3 Å². The van der Waals surface area contributed by atoms with Crippen LogP contribution in [0.15, 0.2) is 77.9 Å². The van der Waals surface area contributed by atoms with Crippen molar-refractivity contribution < 1.29 is 18.1 Å². The first-order valence-electron chi connectivity index (χ1n) is 8.40. The maximum Gasteiger partial charge on any atom is 0.416 e. The summed E-state index contributed by atoms with van der Waals surface area (Å²) in [5.74, 6) is 0. The third-order valence-electron chi connectivity index (χ3n) is 3.89. The number of hydrogen-bond acceptors (Lipinski definition) is 5. The van der Waals surface area contributed by atoms with Gasteiger partial charge in [0, 0.05) is 17.4 Å². The molecule has 0 radical (unpaired) electrons. The van der Waals surface area contributed by atoms with Crippen LogP contribution in [0.1, 0.15) is 11.1 Å². The van der Waals surface area contributed by atoms with E-state index in [1.165, 1.54) is 6.21 Å². The Bertz CT molecular complexity index is 1020. The van der Waals surface area contributed by atoms with E-state index in [1.54, 1.807) is 12.1 Å².